The molecule has 0 spiro atoms. The summed E-state index contributed by atoms with van der Waals surface area (Å²) in [6.07, 6.45) is 0. The van der Waals surface area contributed by atoms with Gasteiger partial charge in [-0.25, -0.2) is 10.2 Å². The highest BCUT2D eigenvalue weighted by Crippen LogP contribution is 2.25. The lowest BCUT2D eigenvalue weighted by Crippen LogP contribution is -2.42. The van der Waals surface area contributed by atoms with Gasteiger partial charge in [0.1, 0.15) is 5.75 Å². The van der Waals surface area contributed by atoms with Crippen molar-refractivity contribution in [1.82, 2.24) is 5.43 Å². The molecule has 0 aliphatic rings. The topological polar surface area (TPSA) is 78.6 Å². The molecule has 4 N–H and O–H groups in total. The normalized spacial score (nSPS) is 9.78. The van der Waals surface area contributed by atoms with Gasteiger partial charge in [0.25, 0.3) is 0 Å². The molecular formula is C13H13N3O2. The van der Waals surface area contributed by atoms with E-state index in [2.05, 4.69) is 5.43 Å². The molecular weight excluding hydrogens is 230 g/mol. The minimum Gasteiger partial charge on any atom is -0.508 e. The van der Waals surface area contributed by atoms with Crippen LogP contribution in [0.25, 0.3) is 0 Å². The number of benzene rings is 2. The number of phenolic OH excluding ortho intramolecular Hbond substituents is 1. The summed E-state index contributed by atoms with van der Waals surface area (Å²) in [4.78, 5) is 11.0. The van der Waals surface area contributed by atoms with Crippen molar-refractivity contribution in [1.29, 1.82) is 0 Å². The first kappa shape index (κ1) is 11.8. The van der Waals surface area contributed by atoms with Crippen molar-refractivity contribution in [3.8, 4) is 5.75 Å². The molecule has 0 bridgehead atoms. The number of nitrogens with zero attached hydrogens (tertiary/aromatic N) is 1. The number of rotatable bonds is 3. The minimum absolute atomic E-state index is 0.111. The molecule has 18 heavy (non-hydrogen) atoms. The summed E-state index contributed by atoms with van der Waals surface area (Å²) >= 11 is 0. The largest absolute Gasteiger partial charge is 0.508 e. The van der Waals surface area contributed by atoms with Gasteiger partial charge in [0.2, 0.25) is 0 Å². The number of hydrogen-bond acceptors (Lipinski definition) is 3. The maximum atomic E-state index is 11.0. The van der Waals surface area contributed by atoms with Crippen molar-refractivity contribution in [3.63, 3.8) is 0 Å². The number of nitrogens with two attached hydrogens (primary N) is 1. The Morgan fingerprint density at radius 1 is 1.06 bits per heavy atom. The molecule has 0 radical (unpaired) electrons. The predicted molar refractivity (Wildman–Crippen MR) is 69.4 cm³/mol. The number of para-hydroxylation sites is 1. The molecule has 0 heterocycles. The van der Waals surface area contributed by atoms with Gasteiger partial charge in [-0.2, -0.15) is 0 Å². The summed E-state index contributed by atoms with van der Waals surface area (Å²) in [7, 11) is 0. The maximum Gasteiger partial charge on any atom is 0.331 e. The second kappa shape index (κ2) is 5.09. The summed E-state index contributed by atoms with van der Waals surface area (Å²) in [6.45, 7) is 0. The van der Waals surface area contributed by atoms with Crippen LogP contribution in [0.5, 0.6) is 5.75 Å². The van der Waals surface area contributed by atoms with Gasteiger partial charge in [0, 0.05) is 6.07 Å². The summed E-state index contributed by atoms with van der Waals surface area (Å²) in [5.74, 6) is 0.111. The van der Waals surface area contributed by atoms with E-state index in [1.165, 1.54) is 11.1 Å². The van der Waals surface area contributed by atoms with Crippen LogP contribution in [0.4, 0.5) is 16.2 Å². The number of primary amides is 1. The highest BCUT2D eigenvalue weighted by molar-refractivity contribution is 5.77. The van der Waals surface area contributed by atoms with E-state index in [1.54, 1.807) is 18.2 Å². The minimum atomic E-state index is -0.679. The molecule has 2 amide bonds. The Kier molecular flexibility index (Phi) is 3.33. The van der Waals surface area contributed by atoms with Crippen molar-refractivity contribution >= 4 is 17.4 Å². The number of hydrogen-bond donors (Lipinski definition) is 3. The lowest BCUT2D eigenvalue weighted by Gasteiger charge is -2.24. The summed E-state index contributed by atoms with van der Waals surface area (Å²) in [5.41, 5.74) is 9.00. The highest BCUT2D eigenvalue weighted by Gasteiger charge is 2.10. The highest BCUT2D eigenvalue weighted by atomic mass is 16.3. The fourth-order valence-corrected chi connectivity index (χ4v) is 1.60. The number of urea groups is 1. The standard InChI is InChI=1S/C13H13N3O2/c14-13(18)15-16(10-5-2-1-3-6-10)11-7-4-8-12(17)9-11/h1-9,17H,(H3,14,15,18). The number of carbonyl (C=O) groups is 1. The molecule has 0 aliphatic heterocycles. The van der Waals surface area contributed by atoms with Crippen molar-refractivity contribution in [2.24, 2.45) is 5.73 Å². The Balaban J connectivity index is 2.40. The van der Waals surface area contributed by atoms with Gasteiger partial charge in [0.15, 0.2) is 0 Å². The van der Waals surface area contributed by atoms with Crippen molar-refractivity contribution in [2.75, 3.05) is 5.01 Å². The molecule has 5 nitrogen and oxygen atoms in total. The molecule has 0 saturated heterocycles. The third-order valence-electron chi connectivity index (χ3n) is 2.32. The second-order valence-corrected chi connectivity index (χ2v) is 3.67. The molecule has 0 aromatic heterocycles. The molecule has 0 aliphatic carbocycles. The first-order chi connectivity index (χ1) is 8.66. The van der Waals surface area contributed by atoms with E-state index < -0.39 is 6.03 Å². The molecule has 0 atom stereocenters. The smallest absolute Gasteiger partial charge is 0.331 e. The Bertz CT molecular complexity index is 543. The van der Waals surface area contributed by atoms with Crippen LogP contribution in [0.1, 0.15) is 0 Å². The average Bonchev–Trinajstić information content (AvgIpc) is 2.37. The zero-order valence-corrected chi connectivity index (χ0v) is 9.58. The monoisotopic (exact) mass is 243 g/mol. The zero-order chi connectivity index (χ0) is 13.0. The number of carbonyl (C=O) groups excluding carboxylic acids is 1. The van der Waals surface area contributed by atoms with Crippen LogP contribution in [0.2, 0.25) is 0 Å². The average molecular weight is 243 g/mol. The summed E-state index contributed by atoms with van der Waals surface area (Å²) < 4.78 is 0. The fraction of sp³-hybridized carbons (Fsp3) is 0. The molecule has 0 unspecified atom stereocenters. The van der Waals surface area contributed by atoms with E-state index in [0.29, 0.717) is 5.69 Å². The van der Waals surface area contributed by atoms with E-state index in [0.717, 1.165) is 5.69 Å². The van der Waals surface area contributed by atoms with Crippen molar-refractivity contribution in [2.45, 2.75) is 0 Å². The van der Waals surface area contributed by atoms with Gasteiger partial charge in [-0.15, -0.1) is 0 Å². The lowest BCUT2D eigenvalue weighted by molar-refractivity contribution is 0.249. The predicted octanol–water partition coefficient (Wildman–Crippen LogP) is 2.11. The number of anilines is 2. The van der Waals surface area contributed by atoms with Gasteiger partial charge in [0.05, 0.1) is 11.4 Å². The molecule has 0 fully saturated rings. The van der Waals surface area contributed by atoms with E-state index in [1.807, 2.05) is 30.3 Å². The lowest BCUT2D eigenvalue weighted by atomic mass is 10.2. The van der Waals surface area contributed by atoms with Gasteiger partial charge in [-0.05, 0) is 24.3 Å². The Morgan fingerprint density at radius 2 is 1.72 bits per heavy atom. The quantitative estimate of drug-likeness (QED) is 0.722. The first-order valence-electron chi connectivity index (χ1n) is 5.37. The second-order valence-electron chi connectivity index (χ2n) is 3.67. The van der Waals surface area contributed by atoms with Crippen molar-refractivity contribution < 1.29 is 9.90 Å². The molecule has 5 heteroatoms. The molecule has 92 valence electrons. The van der Waals surface area contributed by atoms with E-state index >= 15 is 0 Å². The zero-order valence-electron chi connectivity index (χ0n) is 9.58. The molecule has 2 rings (SSSR count). The van der Waals surface area contributed by atoms with E-state index in [-0.39, 0.29) is 5.75 Å². The van der Waals surface area contributed by atoms with Gasteiger partial charge in [-0.3, -0.25) is 5.01 Å². The number of phenols is 1. The van der Waals surface area contributed by atoms with Gasteiger partial charge in [-0.1, -0.05) is 24.3 Å². The Labute approximate surface area is 104 Å². The number of nitrogens with one attached hydrogen (secondary N) is 1. The van der Waals surface area contributed by atoms with Crippen LogP contribution in [0.15, 0.2) is 54.6 Å². The Hall–Kier alpha value is -2.69. The van der Waals surface area contributed by atoms with Crippen LogP contribution < -0.4 is 16.2 Å². The molecule has 0 saturated carbocycles. The van der Waals surface area contributed by atoms with E-state index in [9.17, 15) is 9.90 Å². The van der Waals surface area contributed by atoms with E-state index in [4.69, 9.17) is 5.73 Å². The number of amides is 2. The van der Waals surface area contributed by atoms with Crippen LogP contribution >= 0.6 is 0 Å². The SMILES string of the molecule is NC(=O)NN(c1ccccc1)c1cccc(O)c1. The summed E-state index contributed by atoms with van der Waals surface area (Å²) in [5, 5.41) is 11.0. The fourth-order valence-electron chi connectivity index (χ4n) is 1.60. The third-order valence-corrected chi connectivity index (χ3v) is 2.32. The summed E-state index contributed by atoms with van der Waals surface area (Å²) in [6, 6.07) is 15.0. The van der Waals surface area contributed by atoms with Crippen LogP contribution in [0.3, 0.4) is 0 Å². The number of hydrazine groups is 1. The Morgan fingerprint density at radius 3 is 2.33 bits per heavy atom. The van der Waals surface area contributed by atoms with Gasteiger partial charge < -0.3 is 10.8 Å². The van der Waals surface area contributed by atoms with Gasteiger partial charge >= 0.3 is 6.03 Å². The number of aromatic hydroxyl groups is 1. The van der Waals surface area contributed by atoms with Crippen LogP contribution in [-0.2, 0) is 0 Å². The first-order valence-corrected chi connectivity index (χ1v) is 5.37. The third kappa shape index (κ3) is 2.70. The molecule has 2 aromatic carbocycles. The maximum absolute atomic E-state index is 11.0. The van der Waals surface area contributed by atoms with Crippen LogP contribution in [-0.4, -0.2) is 11.1 Å². The van der Waals surface area contributed by atoms with Crippen LogP contribution in [0, 0.1) is 0 Å². The van der Waals surface area contributed by atoms with Crippen molar-refractivity contribution in [3.05, 3.63) is 54.6 Å². The molecule has 2 aromatic rings.